The molecule has 0 aliphatic carbocycles. The van der Waals surface area contributed by atoms with Crippen LogP contribution in [0.3, 0.4) is 0 Å². The third-order valence-corrected chi connectivity index (χ3v) is 6.84. The summed E-state index contributed by atoms with van der Waals surface area (Å²) in [6.07, 6.45) is 2.48. The zero-order valence-electron chi connectivity index (χ0n) is 23.8. The monoisotopic (exact) mass is 588 g/mol. The zero-order chi connectivity index (χ0) is 30.0. The van der Waals surface area contributed by atoms with Gasteiger partial charge in [-0.05, 0) is 36.2 Å². The molecule has 0 saturated carbocycles. The Bertz CT molecular complexity index is 1560. The number of aromatic nitrogens is 1. The lowest BCUT2D eigenvalue weighted by molar-refractivity contribution is -0.119. The highest BCUT2D eigenvalue weighted by molar-refractivity contribution is 6.01. The van der Waals surface area contributed by atoms with E-state index in [1.807, 2.05) is 6.07 Å². The highest BCUT2D eigenvalue weighted by atomic mass is 19.1. The maximum atomic E-state index is 14.9. The lowest BCUT2D eigenvalue weighted by Crippen LogP contribution is -2.37. The van der Waals surface area contributed by atoms with Crippen molar-refractivity contribution < 1.29 is 32.9 Å². The molecule has 0 radical (unpaired) electrons. The van der Waals surface area contributed by atoms with Gasteiger partial charge in [0.1, 0.15) is 17.3 Å². The number of methoxy groups -OCH3 is 1. The molecule has 0 spiro atoms. The number of nitrogens with zero attached hydrogens (tertiary/aromatic N) is 2. The van der Waals surface area contributed by atoms with Gasteiger partial charge in [-0.25, -0.2) is 9.18 Å². The fourth-order valence-corrected chi connectivity index (χ4v) is 4.68. The van der Waals surface area contributed by atoms with Gasteiger partial charge in [0.2, 0.25) is 5.91 Å². The molecule has 3 amide bonds. The first-order valence-corrected chi connectivity index (χ1v) is 14.0. The molecule has 2 heterocycles. The lowest BCUT2D eigenvalue weighted by atomic mass is 10.1. The Hall–Kier alpha value is -4.74. The van der Waals surface area contributed by atoms with Gasteiger partial charge in [0.05, 0.1) is 44.6 Å². The molecule has 3 aromatic carbocycles. The van der Waals surface area contributed by atoms with Crippen LogP contribution in [0.2, 0.25) is 0 Å². The number of rotatable bonds is 11. The number of hydrogen-bond donors (Lipinski definition) is 2. The topological polar surface area (TPSA) is 111 Å². The summed E-state index contributed by atoms with van der Waals surface area (Å²) in [5.74, 6) is 0.501. The normalized spacial score (nSPS) is 13.3. The molecule has 1 aromatic heterocycles. The molecule has 1 fully saturated rings. The largest absolute Gasteiger partial charge is 0.493 e. The number of carbonyl (C=O) groups is 2. The van der Waals surface area contributed by atoms with E-state index in [-0.39, 0.29) is 17.9 Å². The number of nitrogens with one attached hydrogen (secondary N) is 2. The van der Waals surface area contributed by atoms with Crippen LogP contribution in [0.1, 0.15) is 12.0 Å². The van der Waals surface area contributed by atoms with Crippen LogP contribution in [-0.4, -0.2) is 68.4 Å². The van der Waals surface area contributed by atoms with Crippen molar-refractivity contribution in [2.45, 2.75) is 12.8 Å². The number of amides is 3. The predicted octanol–water partition coefficient (Wildman–Crippen LogP) is 5.17. The third-order valence-electron chi connectivity index (χ3n) is 6.84. The number of halogens is 1. The van der Waals surface area contributed by atoms with Crippen LogP contribution >= 0.6 is 0 Å². The van der Waals surface area contributed by atoms with Crippen molar-refractivity contribution in [1.29, 1.82) is 0 Å². The Morgan fingerprint density at radius 3 is 2.58 bits per heavy atom. The van der Waals surface area contributed by atoms with E-state index in [1.165, 1.54) is 12.1 Å². The van der Waals surface area contributed by atoms with Crippen molar-refractivity contribution in [3.63, 3.8) is 0 Å². The maximum Gasteiger partial charge on any atom is 0.325 e. The van der Waals surface area contributed by atoms with E-state index in [9.17, 15) is 14.0 Å². The molecule has 1 aliphatic heterocycles. The summed E-state index contributed by atoms with van der Waals surface area (Å²) in [6.45, 7) is 4.84. The second-order valence-electron chi connectivity index (χ2n) is 9.89. The summed E-state index contributed by atoms with van der Waals surface area (Å²) in [5, 5.41) is 5.21. The zero-order valence-corrected chi connectivity index (χ0v) is 23.8. The van der Waals surface area contributed by atoms with E-state index < -0.39 is 17.8 Å². The molecule has 0 atom stereocenters. The van der Waals surface area contributed by atoms with E-state index in [0.717, 1.165) is 50.9 Å². The summed E-state index contributed by atoms with van der Waals surface area (Å²) in [5.41, 5.74) is 1.27. The molecule has 224 valence electrons. The number of benzene rings is 3. The Balaban J connectivity index is 1.20. The summed E-state index contributed by atoms with van der Waals surface area (Å²) < 4.78 is 37.9. The number of morpholine rings is 1. The molecule has 5 rings (SSSR count). The molecule has 1 aliphatic rings. The number of anilines is 1. The first-order valence-electron chi connectivity index (χ1n) is 14.0. The second kappa shape index (κ2) is 14.4. The van der Waals surface area contributed by atoms with Crippen molar-refractivity contribution in [3.05, 3.63) is 84.3 Å². The number of imide groups is 1. The average Bonchev–Trinajstić information content (AvgIpc) is 3.01. The Kier molecular flexibility index (Phi) is 9.98. The van der Waals surface area contributed by atoms with Gasteiger partial charge in [0.25, 0.3) is 0 Å². The van der Waals surface area contributed by atoms with Gasteiger partial charge >= 0.3 is 6.03 Å². The Morgan fingerprint density at radius 1 is 1.00 bits per heavy atom. The number of ether oxygens (including phenoxy) is 4. The molecular weight excluding hydrogens is 555 g/mol. The fraction of sp³-hybridized carbons (Fsp3) is 0.281. The van der Waals surface area contributed by atoms with Crippen molar-refractivity contribution in [3.8, 4) is 23.0 Å². The van der Waals surface area contributed by atoms with Gasteiger partial charge in [-0.2, -0.15) is 0 Å². The summed E-state index contributed by atoms with van der Waals surface area (Å²) in [4.78, 5) is 31.2. The quantitative estimate of drug-likeness (QED) is 0.231. The van der Waals surface area contributed by atoms with Gasteiger partial charge in [-0.1, -0.05) is 30.3 Å². The van der Waals surface area contributed by atoms with E-state index in [4.69, 9.17) is 18.9 Å². The highest BCUT2D eigenvalue weighted by Gasteiger charge is 2.15. The first-order chi connectivity index (χ1) is 21.0. The van der Waals surface area contributed by atoms with Gasteiger partial charge < -0.3 is 24.3 Å². The standard InChI is InChI=1S/C32H33FN4O6/c1-40-29-20-24-27(21-30(29)42-15-5-12-37-13-16-41-17-14-37)34-11-10-28(24)43-23-8-9-26(25(33)19-23)35-32(39)36-31(38)18-22-6-3-2-4-7-22/h2-4,6-11,19-21H,5,12-18H2,1H3,(H2,35,36,38,39). The number of carbonyl (C=O) groups excluding carboxylic acids is 2. The van der Waals surface area contributed by atoms with Crippen LogP contribution in [0.5, 0.6) is 23.0 Å². The predicted molar refractivity (Wildman–Crippen MR) is 159 cm³/mol. The van der Waals surface area contributed by atoms with Crippen molar-refractivity contribution in [1.82, 2.24) is 15.2 Å². The minimum Gasteiger partial charge on any atom is -0.493 e. The minimum absolute atomic E-state index is 0.0245. The smallest absolute Gasteiger partial charge is 0.325 e. The van der Waals surface area contributed by atoms with Crippen LogP contribution in [0, 0.1) is 5.82 Å². The number of fused-ring (bicyclic) bond motifs is 1. The summed E-state index contributed by atoms with van der Waals surface area (Å²) in [6, 6.07) is 17.4. The molecule has 0 unspecified atom stereocenters. The molecule has 4 aromatic rings. The van der Waals surface area contributed by atoms with Crippen LogP contribution < -0.4 is 24.8 Å². The van der Waals surface area contributed by atoms with E-state index >= 15 is 0 Å². The van der Waals surface area contributed by atoms with E-state index in [2.05, 4.69) is 20.5 Å². The molecular formula is C32H33FN4O6. The molecule has 1 saturated heterocycles. The third kappa shape index (κ3) is 8.18. The van der Waals surface area contributed by atoms with Crippen LogP contribution in [-0.2, 0) is 16.0 Å². The molecule has 10 nitrogen and oxygen atoms in total. The summed E-state index contributed by atoms with van der Waals surface area (Å²) in [7, 11) is 1.56. The van der Waals surface area contributed by atoms with Gasteiger partial charge in [0.15, 0.2) is 11.5 Å². The fourth-order valence-electron chi connectivity index (χ4n) is 4.68. The van der Waals surface area contributed by atoms with Crippen LogP contribution in [0.25, 0.3) is 10.9 Å². The highest BCUT2D eigenvalue weighted by Crippen LogP contribution is 2.37. The van der Waals surface area contributed by atoms with Gasteiger partial charge in [-0.3, -0.25) is 20.0 Å². The average molecular weight is 589 g/mol. The Labute approximate surface area is 248 Å². The Morgan fingerprint density at radius 2 is 1.81 bits per heavy atom. The number of pyridine rings is 1. The maximum absolute atomic E-state index is 14.9. The van der Waals surface area contributed by atoms with Crippen LogP contribution in [0.4, 0.5) is 14.9 Å². The van der Waals surface area contributed by atoms with E-state index in [0.29, 0.717) is 34.8 Å². The van der Waals surface area contributed by atoms with Gasteiger partial charge in [-0.15, -0.1) is 0 Å². The molecule has 2 N–H and O–H groups in total. The van der Waals surface area contributed by atoms with Crippen molar-refractivity contribution >= 4 is 28.5 Å². The number of urea groups is 1. The molecule has 11 heteroatoms. The van der Waals surface area contributed by atoms with Crippen molar-refractivity contribution in [2.75, 3.05) is 51.9 Å². The van der Waals surface area contributed by atoms with Crippen LogP contribution in [0.15, 0.2) is 72.9 Å². The lowest BCUT2D eigenvalue weighted by Gasteiger charge is -2.26. The first kappa shape index (κ1) is 29.7. The molecule has 43 heavy (non-hydrogen) atoms. The number of hydrogen-bond acceptors (Lipinski definition) is 8. The van der Waals surface area contributed by atoms with Gasteiger partial charge in [0, 0.05) is 43.4 Å². The summed E-state index contributed by atoms with van der Waals surface area (Å²) >= 11 is 0. The molecule has 0 bridgehead atoms. The SMILES string of the molecule is COc1cc2c(Oc3ccc(NC(=O)NC(=O)Cc4ccccc4)c(F)c3)ccnc2cc1OCCCN1CCOCC1. The van der Waals surface area contributed by atoms with Crippen molar-refractivity contribution in [2.24, 2.45) is 0 Å². The second-order valence-corrected chi connectivity index (χ2v) is 9.89. The van der Waals surface area contributed by atoms with E-state index in [1.54, 1.807) is 55.8 Å². The minimum atomic E-state index is -0.833.